The van der Waals surface area contributed by atoms with Crippen molar-refractivity contribution in [3.8, 4) is 0 Å². The van der Waals surface area contributed by atoms with Gasteiger partial charge in [0.1, 0.15) is 17.8 Å². The predicted octanol–water partition coefficient (Wildman–Crippen LogP) is 1.86. The molecule has 0 radical (unpaired) electrons. The molecule has 2 N–H and O–H groups in total. The predicted molar refractivity (Wildman–Crippen MR) is 78.0 cm³/mol. The van der Waals surface area contributed by atoms with Crippen LogP contribution in [0, 0.1) is 5.92 Å². The Morgan fingerprint density at radius 2 is 2.10 bits per heavy atom. The van der Waals surface area contributed by atoms with Gasteiger partial charge < -0.3 is 10.4 Å². The Bertz CT molecular complexity index is 681. The zero-order chi connectivity index (χ0) is 15.2. The largest absolute Gasteiger partial charge is 0.370 e. The van der Waals surface area contributed by atoms with Gasteiger partial charge in [-0.05, 0) is 31.5 Å². The van der Waals surface area contributed by atoms with E-state index >= 15 is 0 Å². The summed E-state index contributed by atoms with van der Waals surface area (Å²) in [5.41, 5.74) is -0.563. The van der Waals surface area contributed by atoms with E-state index in [1.807, 2.05) is 12.1 Å². The molecular formula is C14H15ClN4O2. The molecule has 3 atom stereocenters. The molecule has 110 valence electrons. The third kappa shape index (κ3) is 2.30. The van der Waals surface area contributed by atoms with E-state index in [0.29, 0.717) is 11.0 Å². The summed E-state index contributed by atoms with van der Waals surface area (Å²) in [4.78, 5) is 16.2. The van der Waals surface area contributed by atoms with Crippen LogP contribution in [0.5, 0.6) is 0 Å². The number of carbonyl (C=O) groups excluding carboxylic acids is 1. The fraction of sp³-hybridized carbons (Fsp3) is 0.357. The molecule has 3 rings (SSSR count). The average molecular weight is 307 g/mol. The monoisotopic (exact) mass is 306 g/mol. The molecule has 2 aromatic rings. The fourth-order valence-electron chi connectivity index (χ4n) is 2.91. The first-order valence-electron chi connectivity index (χ1n) is 6.56. The molecule has 0 saturated carbocycles. The second-order valence-corrected chi connectivity index (χ2v) is 5.82. The van der Waals surface area contributed by atoms with Gasteiger partial charge in [0.05, 0.1) is 12.0 Å². The lowest BCUT2D eigenvalue weighted by Crippen LogP contribution is -2.54. The van der Waals surface area contributed by atoms with Gasteiger partial charge in [-0.1, -0.05) is 23.7 Å². The third-order valence-corrected chi connectivity index (χ3v) is 4.02. The first-order valence-corrected chi connectivity index (χ1v) is 6.94. The number of anilines is 1. The summed E-state index contributed by atoms with van der Waals surface area (Å²) < 4.78 is 1.62. The molecule has 0 amide bonds. The van der Waals surface area contributed by atoms with Crippen LogP contribution in [0.1, 0.15) is 25.5 Å². The van der Waals surface area contributed by atoms with Crippen molar-refractivity contribution in [1.82, 2.24) is 14.8 Å². The number of hydrogen-bond acceptors (Lipinski definition) is 5. The molecular weight excluding hydrogens is 292 g/mol. The minimum Gasteiger partial charge on any atom is -0.370 e. The topological polar surface area (TPSA) is 80.0 Å². The molecule has 6 nitrogen and oxygen atoms in total. The normalized spacial score (nSPS) is 27.8. The number of benzene rings is 1. The van der Waals surface area contributed by atoms with E-state index < -0.39 is 17.7 Å². The van der Waals surface area contributed by atoms with E-state index in [1.54, 1.807) is 23.7 Å². The average Bonchev–Trinajstić information content (AvgIpc) is 2.84. The van der Waals surface area contributed by atoms with Crippen LogP contribution in [0.25, 0.3) is 0 Å². The number of Topliss-reactive ketones (excluding diaryl/α,β-unsaturated/α-hetero) is 1. The van der Waals surface area contributed by atoms with Crippen LogP contribution in [-0.4, -0.2) is 31.4 Å². The molecule has 1 aliphatic heterocycles. The van der Waals surface area contributed by atoms with E-state index in [-0.39, 0.29) is 5.78 Å². The highest BCUT2D eigenvalue weighted by molar-refractivity contribution is 6.30. The zero-order valence-electron chi connectivity index (χ0n) is 11.6. The maximum Gasteiger partial charge on any atom is 0.223 e. The molecule has 1 aromatic heterocycles. The molecule has 21 heavy (non-hydrogen) atoms. The van der Waals surface area contributed by atoms with Crippen molar-refractivity contribution < 1.29 is 9.90 Å². The van der Waals surface area contributed by atoms with Crippen molar-refractivity contribution >= 4 is 23.3 Å². The number of aromatic nitrogens is 3. The molecule has 0 spiro atoms. The second kappa shape index (κ2) is 4.82. The van der Waals surface area contributed by atoms with Gasteiger partial charge in [0, 0.05) is 5.02 Å². The highest BCUT2D eigenvalue weighted by Gasteiger charge is 2.48. The minimum atomic E-state index is -1.40. The van der Waals surface area contributed by atoms with Gasteiger partial charge in [0.2, 0.25) is 5.95 Å². The Morgan fingerprint density at radius 3 is 2.71 bits per heavy atom. The molecule has 0 aliphatic carbocycles. The van der Waals surface area contributed by atoms with Gasteiger partial charge in [-0.25, -0.2) is 4.68 Å². The summed E-state index contributed by atoms with van der Waals surface area (Å²) in [6, 6.07) is 6.72. The summed E-state index contributed by atoms with van der Waals surface area (Å²) in [5.74, 6) is -0.390. The number of nitrogens with one attached hydrogen (secondary N) is 1. The van der Waals surface area contributed by atoms with Gasteiger partial charge >= 0.3 is 0 Å². The summed E-state index contributed by atoms with van der Waals surface area (Å²) in [5, 5.41) is 18.3. The van der Waals surface area contributed by atoms with Gasteiger partial charge in [0.15, 0.2) is 0 Å². The van der Waals surface area contributed by atoms with E-state index in [0.717, 1.165) is 5.56 Å². The Labute approximate surface area is 126 Å². The van der Waals surface area contributed by atoms with Gasteiger partial charge in [-0.15, -0.1) is 0 Å². The summed E-state index contributed by atoms with van der Waals surface area (Å²) in [6.07, 6.45) is 1.39. The third-order valence-electron chi connectivity index (χ3n) is 3.77. The molecule has 0 unspecified atom stereocenters. The number of nitrogens with zero attached hydrogens (tertiary/aromatic N) is 3. The van der Waals surface area contributed by atoms with Crippen LogP contribution in [-0.2, 0) is 4.79 Å². The summed E-state index contributed by atoms with van der Waals surface area (Å²) in [7, 11) is 0. The first-order chi connectivity index (χ1) is 9.90. The zero-order valence-corrected chi connectivity index (χ0v) is 12.4. The number of rotatable bonds is 2. The number of hydrogen-bond donors (Lipinski definition) is 2. The van der Waals surface area contributed by atoms with Crippen molar-refractivity contribution in [2.24, 2.45) is 5.92 Å². The lowest BCUT2D eigenvalue weighted by atomic mass is 9.81. The van der Waals surface area contributed by atoms with Crippen LogP contribution in [0.2, 0.25) is 5.02 Å². The first kappa shape index (κ1) is 14.0. The van der Waals surface area contributed by atoms with Crippen molar-refractivity contribution in [3.05, 3.63) is 41.2 Å². The molecule has 0 fully saturated rings. The molecule has 1 aromatic carbocycles. The fourth-order valence-corrected chi connectivity index (χ4v) is 3.03. The highest BCUT2D eigenvalue weighted by atomic mass is 35.5. The van der Waals surface area contributed by atoms with Crippen molar-refractivity contribution in [2.45, 2.75) is 25.6 Å². The number of carbonyl (C=O) groups is 1. The van der Waals surface area contributed by atoms with E-state index in [1.165, 1.54) is 13.3 Å². The van der Waals surface area contributed by atoms with E-state index in [9.17, 15) is 9.90 Å². The van der Waals surface area contributed by atoms with Crippen molar-refractivity contribution in [1.29, 1.82) is 0 Å². The highest BCUT2D eigenvalue weighted by Crippen LogP contribution is 2.40. The number of ketones is 1. The lowest BCUT2D eigenvalue weighted by molar-refractivity contribution is -0.130. The maximum absolute atomic E-state index is 12.1. The number of aliphatic hydroxyl groups is 1. The van der Waals surface area contributed by atoms with Crippen molar-refractivity contribution in [2.75, 3.05) is 5.32 Å². The summed E-state index contributed by atoms with van der Waals surface area (Å²) in [6.45, 7) is 3.03. The standard InChI is InChI=1S/C14H15ClN4O2/c1-8(20)11-12(9-3-5-10(15)6-4-9)19-13(16-7-17-19)18-14(11,2)21/h3-7,11-12,21H,1-2H3,(H,16,17,18)/t11-,12-,14-/m1/s1. The van der Waals surface area contributed by atoms with E-state index in [4.69, 9.17) is 11.6 Å². The molecule has 7 heteroatoms. The Balaban J connectivity index is 2.18. The number of halogens is 1. The Kier molecular flexibility index (Phi) is 3.22. The van der Waals surface area contributed by atoms with Crippen LogP contribution >= 0.6 is 11.6 Å². The molecule has 1 aliphatic rings. The van der Waals surface area contributed by atoms with Crippen LogP contribution in [0.3, 0.4) is 0 Å². The SMILES string of the molecule is CC(=O)[C@@H]1[C@@H](c2ccc(Cl)cc2)n2ncnc2N[C@]1(C)O. The smallest absolute Gasteiger partial charge is 0.223 e. The molecule has 2 heterocycles. The lowest BCUT2D eigenvalue weighted by Gasteiger charge is -2.42. The van der Waals surface area contributed by atoms with Crippen molar-refractivity contribution in [3.63, 3.8) is 0 Å². The van der Waals surface area contributed by atoms with Crippen LogP contribution in [0.15, 0.2) is 30.6 Å². The number of fused-ring (bicyclic) bond motifs is 1. The van der Waals surface area contributed by atoms with Gasteiger partial charge in [0.25, 0.3) is 0 Å². The maximum atomic E-state index is 12.1. The Morgan fingerprint density at radius 1 is 1.43 bits per heavy atom. The Hall–Kier alpha value is -1.92. The second-order valence-electron chi connectivity index (χ2n) is 5.39. The molecule has 0 bridgehead atoms. The summed E-state index contributed by atoms with van der Waals surface area (Å²) >= 11 is 5.92. The van der Waals surface area contributed by atoms with Crippen LogP contribution in [0.4, 0.5) is 5.95 Å². The molecule has 0 saturated heterocycles. The minimum absolute atomic E-state index is 0.131. The van der Waals surface area contributed by atoms with Crippen LogP contribution < -0.4 is 5.32 Å². The van der Waals surface area contributed by atoms with Gasteiger partial charge in [-0.3, -0.25) is 4.79 Å². The van der Waals surface area contributed by atoms with E-state index in [2.05, 4.69) is 15.4 Å². The van der Waals surface area contributed by atoms with Gasteiger partial charge in [-0.2, -0.15) is 10.1 Å². The quantitative estimate of drug-likeness (QED) is 0.885.